The van der Waals surface area contributed by atoms with Gasteiger partial charge in [0.05, 0.1) is 13.0 Å². The highest BCUT2D eigenvalue weighted by Crippen LogP contribution is 2.23. The number of halogens is 2. The van der Waals surface area contributed by atoms with E-state index in [1.165, 1.54) is 17.0 Å². The maximum Gasteiger partial charge on any atom is 0.328 e. The molecule has 1 amide bonds. The first kappa shape index (κ1) is 16.7. The van der Waals surface area contributed by atoms with Crippen molar-refractivity contribution in [1.29, 1.82) is 0 Å². The Morgan fingerprint density at radius 1 is 1.41 bits per heavy atom. The number of carbonyl (C=O) groups excluding carboxylic acids is 2. The number of rotatable bonds is 4. The van der Waals surface area contributed by atoms with Crippen molar-refractivity contribution in [1.82, 2.24) is 4.90 Å². The predicted molar refractivity (Wildman–Crippen MR) is 81.1 cm³/mol. The summed E-state index contributed by atoms with van der Waals surface area (Å²) in [6.45, 7) is 2.48. The first-order valence-electron chi connectivity index (χ1n) is 7.43. The summed E-state index contributed by atoms with van der Waals surface area (Å²) in [5, 5.41) is 0.220. The number of likely N-dealkylation sites (tertiary alicyclic amines) is 1. The van der Waals surface area contributed by atoms with E-state index < -0.39 is 17.8 Å². The van der Waals surface area contributed by atoms with Crippen molar-refractivity contribution in [2.45, 2.75) is 38.6 Å². The number of hydrogen-bond acceptors (Lipinski definition) is 3. The van der Waals surface area contributed by atoms with Gasteiger partial charge in [-0.25, -0.2) is 9.18 Å². The van der Waals surface area contributed by atoms with Crippen LogP contribution in [0.5, 0.6) is 0 Å². The summed E-state index contributed by atoms with van der Waals surface area (Å²) in [6, 6.07) is 3.74. The molecule has 0 radical (unpaired) electrons. The van der Waals surface area contributed by atoms with Crippen molar-refractivity contribution >= 4 is 23.5 Å². The molecule has 1 atom stereocenters. The van der Waals surface area contributed by atoms with E-state index in [-0.39, 0.29) is 29.5 Å². The lowest BCUT2D eigenvalue weighted by atomic mass is 10.0. The minimum atomic E-state index is -0.577. The van der Waals surface area contributed by atoms with E-state index in [1.807, 2.05) is 0 Å². The maximum atomic E-state index is 13.8. The first-order valence-corrected chi connectivity index (χ1v) is 7.81. The smallest absolute Gasteiger partial charge is 0.328 e. The quantitative estimate of drug-likeness (QED) is 0.799. The Bertz CT molecular complexity index is 544. The number of benzene rings is 1. The molecule has 1 saturated heterocycles. The molecule has 1 aromatic rings. The van der Waals surface area contributed by atoms with Gasteiger partial charge in [0.25, 0.3) is 0 Å². The van der Waals surface area contributed by atoms with E-state index in [2.05, 4.69) is 0 Å². The molecule has 0 bridgehead atoms. The molecule has 6 heteroatoms. The molecule has 0 aliphatic carbocycles. The molecule has 1 aromatic carbocycles. The summed E-state index contributed by atoms with van der Waals surface area (Å²) in [6.07, 6.45) is 2.12. The number of carbonyl (C=O) groups is 2. The lowest BCUT2D eigenvalue weighted by molar-refractivity contribution is -0.156. The van der Waals surface area contributed by atoms with Gasteiger partial charge in [-0.2, -0.15) is 0 Å². The van der Waals surface area contributed by atoms with Crippen LogP contribution < -0.4 is 0 Å². The minimum Gasteiger partial charge on any atom is -0.464 e. The summed E-state index contributed by atoms with van der Waals surface area (Å²) >= 11 is 5.96. The highest BCUT2D eigenvalue weighted by molar-refractivity contribution is 6.31. The number of ether oxygens (including phenoxy) is 1. The predicted octanol–water partition coefficient (Wildman–Crippen LogP) is 2.97. The molecule has 2 rings (SSSR count). The van der Waals surface area contributed by atoms with Crippen LogP contribution in [0.1, 0.15) is 31.7 Å². The average molecular weight is 328 g/mol. The molecular formula is C16H19ClFNO3. The third-order valence-corrected chi connectivity index (χ3v) is 4.13. The van der Waals surface area contributed by atoms with Gasteiger partial charge in [0, 0.05) is 17.1 Å². The summed E-state index contributed by atoms with van der Waals surface area (Å²) in [5.41, 5.74) is 0.169. The standard InChI is InChI=1S/C16H19ClFNO3/c1-2-22-16(21)14-8-3-4-9-19(14)15(20)10-11-12(17)6-5-7-13(11)18/h5-7,14H,2-4,8-10H2,1H3. The van der Waals surface area contributed by atoms with Crippen LogP contribution in [0.25, 0.3) is 0 Å². The largest absolute Gasteiger partial charge is 0.464 e. The molecule has 1 unspecified atom stereocenters. The second-order valence-corrected chi connectivity index (χ2v) is 5.63. The molecule has 4 nitrogen and oxygen atoms in total. The van der Waals surface area contributed by atoms with Gasteiger partial charge < -0.3 is 9.64 Å². The third-order valence-electron chi connectivity index (χ3n) is 3.77. The molecule has 0 spiro atoms. The number of amides is 1. The van der Waals surface area contributed by atoms with Crippen LogP contribution in [0, 0.1) is 5.82 Å². The second-order valence-electron chi connectivity index (χ2n) is 5.23. The van der Waals surface area contributed by atoms with Crippen molar-refractivity contribution in [3.8, 4) is 0 Å². The van der Waals surface area contributed by atoms with Crippen molar-refractivity contribution in [3.05, 3.63) is 34.6 Å². The molecule has 0 aromatic heterocycles. The van der Waals surface area contributed by atoms with E-state index in [4.69, 9.17) is 16.3 Å². The van der Waals surface area contributed by atoms with E-state index >= 15 is 0 Å². The minimum absolute atomic E-state index is 0.151. The summed E-state index contributed by atoms with van der Waals surface area (Å²) in [7, 11) is 0. The molecular weight excluding hydrogens is 309 g/mol. The highest BCUT2D eigenvalue weighted by atomic mass is 35.5. The average Bonchev–Trinajstić information content (AvgIpc) is 2.51. The first-order chi connectivity index (χ1) is 10.5. The molecule has 120 valence electrons. The lowest BCUT2D eigenvalue weighted by Gasteiger charge is -2.34. The summed E-state index contributed by atoms with van der Waals surface area (Å²) in [4.78, 5) is 26.0. The van der Waals surface area contributed by atoms with Gasteiger partial charge in [0.1, 0.15) is 11.9 Å². The molecule has 1 fully saturated rings. The Hall–Kier alpha value is -1.62. The molecule has 1 heterocycles. The fourth-order valence-electron chi connectivity index (χ4n) is 2.67. The van der Waals surface area contributed by atoms with Gasteiger partial charge in [0.15, 0.2) is 0 Å². The Balaban J connectivity index is 2.14. The SMILES string of the molecule is CCOC(=O)C1CCCCN1C(=O)Cc1c(F)cccc1Cl. The fraction of sp³-hybridized carbons (Fsp3) is 0.500. The molecule has 22 heavy (non-hydrogen) atoms. The topological polar surface area (TPSA) is 46.6 Å². The fourth-order valence-corrected chi connectivity index (χ4v) is 2.90. The zero-order valence-corrected chi connectivity index (χ0v) is 13.2. The van der Waals surface area contributed by atoms with Crippen molar-refractivity contribution < 1.29 is 18.7 Å². The van der Waals surface area contributed by atoms with Crippen LogP contribution in [0.15, 0.2) is 18.2 Å². The van der Waals surface area contributed by atoms with E-state index in [1.54, 1.807) is 13.0 Å². The van der Waals surface area contributed by atoms with Crippen LogP contribution in [0.3, 0.4) is 0 Å². The number of nitrogens with zero attached hydrogens (tertiary/aromatic N) is 1. The third kappa shape index (κ3) is 3.77. The zero-order chi connectivity index (χ0) is 16.1. The van der Waals surface area contributed by atoms with Crippen molar-refractivity contribution in [3.63, 3.8) is 0 Å². The van der Waals surface area contributed by atoms with Crippen LogP contribution in [0.4, 0.5) is 4.39 Å². The van der Waals surface area contributed by atoms with Crippen LogP contribution in [-0.2, 0) is 20.7 Å². The lowest BCUT2D eigenvalue weighted by Crippen LogP contribution is -2.49. The Morgan fingerprint density at radius 3 is 2.86 bits per heavy atom. The number of hydrogen-bond donors (Lipinski definition) is 0. The van der Waals surface area contributed by atoms with E-state index in [0.717, 1.165) is 12.8 Å². The summed E-state index contributed by atoms with van der Waals surface area (Å²) in [5.74, 6) is -1.20. The Labute approximate surface area is 134 Å². The maximum absolute atomic E-state index is 13.8. The Kier molecular flexibility index (Phi) is 5.77. The molecule has 0 N–H and O–H groups in total. The van der Waals surface area contributed by atoms with E-state index in [0.29, 0.717) is 13.0 Å². The Morgan fingerprint density at radius 2 is 2.18 bits per heavy atom. The molecule has 1 aliphatic heterocycles. The number of esters is 1. The van der Waals surface area contributed by atoms with E-state index in [9.17, 15) is 14.0 Å². The molecule has 0 saturated carbocycles. The molecule has 1 aliphatic rings. The van der Waals surface area contributed by atoms with Crippen molar-refractivity contribution in [2.24, 2.45) is 0 Å². The van der Waals surface area contributed by atoms with Crippen LogP contribution in [0.2, 0.25) is 5.02 Å². The summed E-state index contributed by atoms with van der Waals surface area (Å²) < 4.78 is 18.8. The normalized spacial score (nSPS) is 18.1. The zero-order valence-electron chi connectivity index (χ0n) is 12.5. The van der Waals surface area contributed by atoms with Crippen LogP contribution in [-0.4, -0.2) is 36.0 Å². The van der Waals surface area contributed by atoms with Gasteiger partial charge in [-0.05, 0) is 38.3 Å². The van der Waals surface area contributed by atoms with Crippen LogP contribution >= 0.6 is 11.6 Å². The highest BCUT2D eigenvalue weighted by Gasteiger charge is 2.33. The van der Waals surface area contributed by atoms with Crippen molar-refractivity contribution in [2.75, 3.05) is 13.2 Å². The van der Waals surface area contributed by atoms with Gasteiger partial charge >= 0.3 is 5.97 Å². The van der Waals surface area contributed by atoms with Gasteiger partial charge in [-0.3, -0.25) is 4.79 Å². The monoisotopic (exact) mass is 327 g/mol. The number of piperidine rings is 1. The van der Waals surface area contributed by atoms with Gasteiger partial charge in [-0.1, -0.05) is 17.7 Å². The second kappa shape index (κ2) is 7.58. The van der Waals surface area contributed by atoms with Gasteiger partial charge in [-0.15, -0.1) is 0 Å². The van der Waals surface area contributed by atoms with Gasteiger partial charge in [0.2, 0.25) is 5.91 Å².